The number of pyridine rings is 1. The van der Waals surface area contributed by atoms with Crippen LogP contribution in [0.1, 0.15) is 11.3 Å². The second kappa shape index (κ2) is 3.96. The van der Waals surface area contributed by atoms with E-state index in [0.29, 0.717) is 0 Å². The third-order valence-electron chi connectivity index (χ3n) is 2.02. The molecule has 0 spiro atoms. The summed E-state index contributed by atoms with van der Waals surface area (Å²) >= 11 is 0. The van der Waals surface area contributed by atoms with Crippen LogP contribution in [-0.2, 0) is 6.54 Å². The smallest absolute Gasteiger partial charge is 0.0736 e. The van der Waals surface area contributed by atoms with Gasteiger partial charge in [-0.15, -0.1) is 0 Å². The molecule has 0 fully saturated rings. The first-order chi connectivity index (χ1) is 6.84. The summed E-state index contributed by atoms with van der Waals surface area (Å²) < 4.78 is 1.92. The van der Waals surface area contributed by atoms with Gasteiger partial charge < -0.3 is 5.43 Å². The van der Waals surface area contributed by atoms with Gasteiger partial charge in [-0.1, -0.05) is 6.07 Å². The zero-order valence-electron chi connectivity index (χ0n) is 8.14. The Morgan fingerprint density at radius 3 is 2.71 bits per heavy atom. The van der Waals surface area contributed by atoms with Crippen molar-refractivity contribution in [1.29, 1.82) is 0 Å². The minimum Gasteiger partial charge on any atom is -0.320 e. The summed E-state index contributed by atoms with van der Waals surface area (Å²) in [6, 6.07) is 8.07. The maximum absolute atomic E-state index is 4.30. The standard InChI is InChI=1S/C11H13N3/c1-10-4-5-11(12-8-10)9-13-14-6-2-3-7-14/h2-8,13H,9H2,1H3. The van der Waals surface area contributed by atoms with Crippen molar-refractivity contribution in [3.8, 4) is 0 Å². The van der Waals surface area contributed by atoms with Crippen LogP contribution in [0.3, 0.4) is 0 Å². The lowest BCUT2D eigenvalue weighted by molar-refractivity contribution is 0.828. The molecule has 0 aliphatic carbocycles. The summed E-state index contributed by atoms with van der Waals surface area (Å²) in [6.45, 7) is 2.78. The molecule has 2 heterocycles. The predicted molar refractivity (Wildman–Crippen MR) is 56.5 cm³/mol. The molecule has 14 heavy (non-hydrogen) atoms. The number of aryl methyl sites for hydroxylation is 1. The average Bonchev–Trinajstić information content (AvgIpc) is 2.70. The Hall–Kier alpha value is -1.77. The Kier molecular flexibility index (Phi) is 2.49. The van der Waals surface area contributed by atoms with Crippen LogP contribution in [0.4, 0.5) is 0 Å². The van der Waals surface area contributed by atoms with Crippen molar-refractivity contribution in [1.82, 2.24) is 9.66 Å². The predicted octanol–water partition coefficient (Wildman–Crippen LogP) is 1.94. The minimum atomic E-state index is 0.745. The molecule has 1 N–H and O–H groups in total. The van der Waals surface area contributed by atoms with Crippen LogP contribution in [0.15, 0.2) is 42.9 Å². The first kappa shape index (κ1) is 8.81. The fourth-order valence-electron chi connectivity index (χ4n) is 1.22. The van der Waals surface area contributed by atoms with Crippen molar-refractivity contribution in [3.05, 3.63) is 54.1 Å². The summed E-state index contributed by atoms with van der Waals surface area (Å²) in [6.07, 6.45) is 5.81. The Labute approximate surface area is 83.4 Å². The van der Waals surface area contributed by atoms with Gasteiger partial charge in [-0.3, -0.25) is 9.66 Å². The molecule has 0 aliphatic heterocycles. The van der Waals surface area contributed by atoms with E-state index in [1.165, 1.54) is 5.56 Å². The monoisotopic (exact) mass is 187 g/mol. The Morgan fingerprint density at radius 2 is 2.07 bits per heavy atom. The van der Waals surface area contributed by atoms with Crippen molar-refractivity contribution >= 4 is 0 Å². The van der Waals surface area contributed by atoms with Crippen LogP contribution in [0.2, 0.25) is 0 Å². The fraction of sp³-hybridized carbons (Fsp3) is 0.182. The van der Waals surface area contributed by atoms with Gasteiger partial charge >= 0.3 is 0 Å². The van der Waals surface area contributed by atoms with Gasteiger partial charge in [-0.2, -0.15) is 0 Å². The zero-order valence-corrected chi connectivity index (χ0v) is 8.14. The number of aromatic nitrogens is 2. The summed E-state index contributed by atoms with van der Waals surface area (Å²) in [5.74, 6) is 0. The van der Waals surface area contributed by atoms with Crippen LogP contribution in [-0.4, -0.2) is 9.66 Å². The van der Waals surface area contributed by atoms with Gasteiger partial charge in [-0.05, 0) is 30.7 Å². The van der Waals surface area contributed by atoms with E-state index < -0.39 is 0 Å². The molecule has 0 radical (unpaired) electrons. The van der Waals surface area contributed by atoms with E-state index in [9.17, 15) is 0 Å². The van der Waals surface area contributed by atoms with E-state index in [1.807, 2.05) is 48.4 Å². The Bertz CT molecular complexity index is 375. The molecular weight excluding hydrogens is 174 g/mol. The number of nitrogens with one attached hydrogen (secondary N) is 1. The molecule has 0 aliphatic rings. The summed E-state index contributed by atoms with van der Waals surface area (Å²) in [7, 11) is 0. The third-order valence-corrected chi connectivity index (χ3v) is 2.02. The molecule has 0 amide bonds. The lowest BCUT2D eigenvalue weighted by Gasteiger charge is -2.06. The average molecular weight is 187 g/mol. The van der Waals surface area contributed by atoms with Crippen LogP contribution in [0.25, 0.3) is 0 Å². The van der Waals surface area contributed by atoms with Crippen molar-refractivity contribution in [2.24, 2.45) is 0 Å². The second-order valence-corrected chi connectivity index (χ2v) is 3.25. The van der Waals surface area contributed by atoms with Gasteiger partial charge in [0, 0.05) is 18.6 Å². The fourth-order valence-corrected chi connectivity index (χ4v) is 1.22. The van der Waals surface area contributed by atoms with Gasteiger partial charge in [0.05, 0.1) is 12.2 Å². The molecule has 2 aromatic heterocycles. The Balaban J connectivity index is 1.95. The van der Waals surface area contributed by atoms with Gasteiger partial charge in [0.1, 0.15) is 0 Å². The highest BCUT2D eigenvalue weighted by molar-refractivity contribution is 5.13. The van der Waals surface area contributed by atoms with Crippen LogP contribution in [0.5, 0.6) is 0 Å². The third kappa shape index (κ3) is 2.13. The molecule has 0 unspecified atom stereocenters. The van der Waals surface area contributed by atoms with Gasteiger partial charge in [0.15, 0.2) is 0 Å². The number of nitrogens with zero attached hydrogens (tertiary/aromatic N) is 2. The quantitative estimate of drug-likeness (QED) is 0.795. The normalized spacial score (nSPS) is 10.1. The number of hydrogen-bond acceptors (Lipinski definition) is 2. The molecule has 0 aromatic carbocycles. The lowest BCUT2D eigenvalue weighted by Crippen LogP contribution is -2.12. The van der Waals surface area contributed by atoms with E-state index in [2.05, 4.69) is 16.5 Å². The van der Waals surface area contributed by atoms with Crippen LogP contribution < -0.4 is 5.43 Å². The maximum atomic E-state index is 4.30. The van der Waals surface area contributed by atoms with E-state index >= 15 is 0 Å². The van der Waals surface area contributed by atoms with Crippen molar-refractivity contribution in [2.45, 2.75) is 13.5 Å². The lowest BCUT2D eigenvalue weighted by atomic mass is 10.3. The minimum absolute atomic E-state index is 0.745. The molecule has 72 valence electrons. The van der Waals surface area contributed by atoms with Gasteiger partial charge in [0.2, 0.25) is 0 Å². The first-order valence-electron chi connectivity index (χ1n) is 4.63. The van der Waals surface area contributed by atoms with E-state index in [4.69, 9.17) is 0 Å². The summed E-state index contributed by atoms with van der Waals surface area (Å²) in [5, 5.41) is 0. The SMILES string of the molecule is Cc1ccc(CNn2cccc2)nc1. The van der Waals surface area contributed by atoms with Crippen LogP contribution >= 0.6 is 0 Å². The second-order valence-electron chi connectivity index (χ2n) is 3.25. The van der Waals surface area contributed by atoms with E-state index in [1.54, 1.807) is 0 Å². The van der Waals surface area contributed by atoms with Crippen molar-refractivity contribution in [2.75, 3.05) is 5.43 Å². The van der Waals surface area contributed by atoms with E-state index in [-0.39, 0.29) is 0 Å². The van der Waals surface area contributed by atoms with Gasteiger partial charge in [-0.25, -0.2) is 0 Å². The summed E-state index contributed by atoms with van der Waals surface area (Å²) in [4.78, 5) is 4.30. The van der Waals surface area contributed by atoms with E-state index in [0.717, 1.165) is 12.2 Å². The Morgan fingerprint density at radius 1 is 1.29 bits per heavy atom. The molecule has 0 bridgehead atoms. The number of hydrogen-bond donors (Lipinski definition) is 1. The first-order valence-corrected chi connectivity index (χ1v) is 4.63. The molecule has 3 nitrogen and oxygen atoms in total. The number of rotatable bonds is 3. The molecule has 2 rings (SSSR count). The largest absolute Gasteiger partial charge is 0.320 e. The highest BCUT2D eigenvalue weighted by Crippen LogP contribution is 1.98. The maximum Gasteiger partial charge on any atom is 0.0736 e. The topological polar surface area (TPSA) is 29.9 Å². The molecule has 0 saturated carbocycles. The molecular formula is C11H13N3. The molecule has 3 heteroatoms. The van der Waals surface area contributed by atoms with Gasteiger partial charge in [0.25, 0.3) is 0 Å². The highest BCUT2D eigenvalue weighted by atomic mass is 15.4. The zero-order chi connectivity index (χ0) is 9.80. The molecule has 0 saturated heterocycles. The van der Waals surface area contributed by atoms with Crippen molar-refractivity contribution in [3.63, 3.8) is 0 Å². The highest BCUT2D eigenvalue weighted by Gasteiger charge is 1.92. The van der Waals surface area contributed by atoms with Crippen molar-refractivity contribution < 1.29 is 0 Å². The van der Waals surface area contributed by atoms with Crippen LogP contribution in [0, 0.1) is 6.92 Å². The molecule has 2 aromatic rings. The summed E-state index contributed by atoms with van der Waals surface area (Å²) in [5.41, 5.74) is 5.45. The molecule has 0 atom stereocenters.